The average molecular weight is 411 g/mol. The van der Waals surface area contributed by atoms with Crippen LogP contribution in [0, 0.1) is 6.92 Å². The standard InChI is InChI=1S/C23H30N4O3/c1-6-20(28)26-19-13-18(10-7-15(19)2)24-14-21(29)25-17-11-8-16(9-12-17)22(30)27-23(3,4)5/h7-13,24H,6,14H2,1-5H3,(H,25,29)(H,26,28)(H,27,30). The summed E-state index contributed by atoms with van der Waals surface area (Å²) in [6, 6.07) is 12.3. The minimum absolute atomic E-state index is 0.0624. The molecule has 4 N–H and O–H groups in total. The van der Waals surface area contributed by atoms with Gasteiger partial charge < -0.3 is 21.3 Å². The second-order valence-electron chi connectivity index (χ2n) is 8.11. The van der Waals surface area contributed by atoms with Crippen LogP contribution in [0.25, 0.3) is 0 Å². The van der Waals surface area contributed by atoms with Crippen molar-refractivity contribution >= 4 is 34.8 Å². The van der Waals surface area contributed by atoms with Crippen molar-refractivity contribution in [3.05, 3.63) is 53.6 Å². The van der Waals surface area contributed by atoms with E-state index in [9.17, 15) is 14.4 Å². The molecule has 0 unspecified atom stereocenters. The number of carbonyl (C=O) groups is 3. The van der Waals surface area contributed by atoms with E-state index in [1.165, 1.54) is 0 Å². The zero-order chi connectivity index (χ0) is 22.3. The molecule has 7 nitrogen and oxygen atoms in total. The van der Waals surface area contributed by atoms with Crippen LogP contribution in [0.2, 0.25) is 0 Å². The fourth-order valence-corrected chi connectivity index (χ4v) is 2.61. The molecule has 160 valence electrons. The second kappa shape index (κ2) is 9.91. The highest BCUT2D eigenvalue weighted by atomic mass is 16.2. The summed E-state index contributed by atoms with van der Waals surface area (Å²) in [7, 11) is 0. The highest BCUT2D eigenvalue weighted by Gasteiger charge is 2.15. The highest BCUT2D eigenvalue weighted by Crippen LogP contribution is 2.20. The van der Waals surface area contributed by atoms with Gasteiger partial charge in [-0.05, 0) is 69.7 Å². The summed E-state index contributed by atoms with van der Waals surface area (Å²) in [6.45, 7) is 9.52. The van der Waals surface area contributed by atoms with Gasteiger partial charge in [-0.15, -0.1) is 0 Å². The first-order valence-electron chi connectivity index (χ1n) is 9.94. The predicted octanol–water partition coefficient (Wildman–Crippen LogP) is 3.92. The predicted molar refractivity (Wildman–Crippen MR) is 121 cm³/mol. The number of nitrogens with one attached hydrogen (secondary N) is 4. The molecule has 0 aliphatic carbocycles. The molecule has 30 heavy (non-hydrogen) atoms. The number of amides is 3. The second-order valence-corrected chi connectivity index (χ2v) is 8.11. The topological polar surface area (TPSA) is 99.3 Å². The molecule has 0 fully saturated rings. The van der Waals surface area contributed by atoms with E-state index >= 15 is 0 Å². The van der Waals surface area contributed by atoms with Crippen LogP contribution in [0.1, 0.15) is 50.0 Å². The molecule has 0 heterocycles. The van der Waals surface area contributed by atoms with E-state index in [2.05, 4.69) is 21.3 Å². The molecule has 2 aromatic rings. The lowest BCUT2D eigenvalue weighted by atomic mass is 10.1. The van der Waals surface area contributed by atoms with Gasteiger partial charge in [0.2, 0.25) is 11.8 Å². The van der Waals surface area contributed by atoms with Crippen LogP contribution in [0.15, 0.2) is 42.5 Å². The Kier molecular flexibility index (Phi) is 7.58. The summed E-state index contributed by atoms with van der Waals surface area (Å²) in [5.41, 5.74) is 3.22. The number of rotatable bonds is 7. The summed E-state index contributed by atoms with van der Waals surface area (Å²) in [5, 5.41) is 11.6. The van der Waals surface area contributed by atoms with Gasteiger partial charge in [0.15, 0.2) is 0 Å². The van der Waals surface area contributed by atoms with Crippen molar-refractivity contribution in [3.63, 3.8) is 0 Å². The lowest BCUT2D eigenvalue weighted by Crippen LogP contribution is -2.40. The lowest BCUT2D eigenvalue weighted by Gasteiger charge is -2.20. The van der Waals surface area contributed by atoms with Crippen LogP contribution >= 0.6 is 0 Å². The first kappa shape index (κ1) is 22.9. The van der Waals surface area contributed by atoms with Gasteiger partial charge in [0.05, 0.1) is 6.54 Å². The minimum atomic E-state index is -0.315. The molecular formula is C23H30N4O3. The number of benzene rings is 2. The van der Waals surface area contributed by atoms with Crippen LogP contribution in [0.4, 0.5) is 17.1 Å². The average Bonchev–Trinajstić information content (AvgIpc) is 2.67. The summed E-state index contributed by atoms with van der Waals surface area (Å²) >= 11 is 0. The van der Waals surface area contributed by atoms with Gasteiger partial charge in [-0.1, -0.05) is 13.0 Å². The molecule has 0 radical (unpaired) electrons. The first-order chi connectivity index (χ1) is 14.1. The van der Waals surface area contributed by atoms with Gasteiger partial charge >= 0.3 is 0 Å². The largest absolute Gasteiger partial charge is 0.376 e. The van der Waals surface area contributed by atoms with Gasteiger partial charge in [-0.2, -0.15) is 0 Å². The van der Waals surface area contributed by atoms with Crippen molar-refractivity contribution in [2.45, 2.75) is 46.6 Å². The van der Waals surface area contributed by atoms with Crippen molar-refractivity contribution in [1.82, 2.24) is 5.32 Å². The van der Waals surface area contributed by atoms with E-state index in [4.69, 9.17) is 0 Å². The zero-order valence-electron chi connectivity index (χ0n) is 18.2. The van der Waals surface area contributed by atoms with Crippen LogP contribution in [0.5, 0.6) is 0 Å². The molecule has 0 spiro atoms. The third-order valence-electron chi connectivity index (χ3n) is 4.21. The van der Waals surface area contributed by atoms with Gasteiger partial charge in [-0.25, -0.2) is 0 Å². The molecule has 0 saturated heterocycles. The van der Waals surface area contributed by atoms with Gasteiger partial charge in [0.1, 0.15) is 0 Å². The van der Waals surface area contributed by atoms with Crippen molar-refractivity contribution in [3.8, 4) is 0 Å². The Hall–Kier alpha value is -3.35. The van der Waals surface area contributed by atoms with Crippen LogP contribution in [-0.4, -0.2) is 29.8 Å². The van der Waals surface area contributed by atoms with E-state index in [0.29, 0.717) is 17.7 Å². The maximum absolute atomic E-state index is 12.2. The van der Waals surface area contributed by atoms with E-state index in [-0.39, 0.29) is 29.8 Å². The summed E-state index contributed by atoms with van der Waals surface area (Å²) in [4.78, 5) is 36.0. The number of aryl methyl sites for hydroxylation is 1. The molecule has 0 atom stereocenters. The Labute approximate surface area is 177 Å². The summed E-state index contributed by atoms with van der Waals surface area (Å²) < 4.78 is 0. The number of hydrogen-bond donors (Lipinski definition) is 4. The third kappa shape index (κ3) is 7.24. The number of carbonyl (C=O) groups excluding carboxylic acids is 3. The molecule has 0 aromatic heterocycles. The maximum Gasteiger partial charge on any atom is 0.251 e. The maximum atomic E-state index is 12.2. The molecule has 2 rings (SSSR count). The van der Waals surface area contributed by atoms with E-state index in [1.54, 1.807) is 37.3 Å². The molecule has 2 aromatic carbocycles. The van der Waals surface area contributed by atoms with E-state index < -0.39 is 0 Å². The van der Waals surface area contributed by atoms with Crippen LogP contribution in [-0.2, 0) is 9.59 Å². The molecule has 0 saturated carbocycles. The van der Waals surface area contributed by atoms with Gasteiger partial charge in [0.25, 0.3) is 5.91 Å². The fraction of sp³-hybridized carbons (Fsp3) is 0.348. The summed E-state index contributed by atoms with van der Waals surface area (Å²) in [6.07, 6.45) is 0.399. The normalized spacial score (nSPS) is 10.8. The number of anilines is 3. The van der Waals surface area contributed by atoms with Crippen molar-refractivity contribution in [2.75, 3.05) is 22.5 Å². The molecule has 0 bridgehead atoms. The Balaban J connectivity index is 1.91. The van der Waals surface area contributed by atoms with Gasteiger partial charge in [-0.3, -0.25) is 14.4 Å². The molecule has 3 amide bonds. The Morgan fingerprint density at radius 2 is 1.50 bits per heavy atom. The Morgan fingerprint density at radius 1 is 0.867 bits per heavy atom. The smallest absolute Gasteiger partial charge is 0.251 e. The van der Waals surface area contributed by atoms with Crippen molar-refractivity contribution < 1.29 is 14.4 Å². The van der Waals surface area contributed by atoms with Gasteiger partial charge in [0, 0.05) is 34.6 Å². The lowest BCUT2D eigenvalue weighted by molar-refractivity contribution is -0.116. The highest BCUT2D eigenvalue weighted by molar-refractivity contribution is 5.97. The Bertz CT molecular complexity index is 915. The van der Waals surface area contributed by atoms with Crippen molar-refractivity contribution in [1.29, 1.82) is 0 Å². The first-order valence-corrected chi connectivity index (χ1v) is 9.94. The molecule has 0 aliphatic rings. The Morgan fingerprint density at radius 3 is 2.10 bits per heavy atom. The van der Waals surface area contributed by atoms with E-state index in [1.807, 2.05) is 39.8 Å². The molecule has 0 aliphatic heterocycles. The molecule has 7 heteroatoms. The zero-order valence-corrected chi connectivity index (χ0v) is 18.2. The SMILES string of the molecule is CCC(=O)Nc1cc(NCC(=O)Nc2ccc(C(=O)NC(C)(C)C)cc2)ccc1C. The summed E-state index contributed by atoms with van der Waals surface area (Å²) in [5.74, 6) is -0.443. The van der Waals surface area contributed by atoms with Crippen molar-refractivity contribution in [2.24, 2.45) is 0 Å². The van der Waals surface area contributed by atoms with Crippen LogP contribution in [0.3, 0.4) is 0 Å². The van der Waals surface area contributed by atoms with Crippen LogP contribution < -0.4 is 21.3 Å². The monoisotopic (exact) mass is 410 g/mol. The quantitative estimate of drug-likeness (QED) is 0.556. The third-order valence-corrected chi connectivity index (χ3v) is 4.21. The molecular weight excluding hydrogens is 380 g/mol. The fourth-order valence-electron chi connectivity index (χ4n) is 2.61. The minimum Gasteiger partial charge on any atom is -0.376 e. The number of hydrogen-bond acceptors (Lipinski definition) is 4. The van der Waals surface area contributed by atoms with E-state index in [0.717, 1.165) is 16.9 Å².